The van der Waals surface area contributed by atoms with Crippen LogP contribution in [0.1, 0.15) is 27.1 Å². The average molecular weight is 360 g/mol. The summed E-state index contributed by atoms with van der Waals surface area (Å²) in [6, 6.07) is 19.2. The van der Waals surface area contributed by atoms with E-state index in [0.717, 1.165) is 10.6 Å². The number of rotatable bonds is 2. The van der Waals surface area contributed by atoms with E-state index in [9.17, 15) is 0 Å². The lowest BCUT2D eigenvalue weighted by atomic mass is 9.95. The number of alkyl halides is 1. The minimum Gasteiger partial charge on any atom is -0.0840 e. The van der Waals surface area contributed by atoms with Gasteiger partial charge in [-0.3, -0.25) is 0 Å². The van der Waals surface area contributed by atoms with Gasteiger partial charge in [0.25, 0.3) is 0 Å². The zero-order chi connectivity index (χ0) is 15.0. The van der Waals surface area contributed by atoms with Crippen molar-refractivity contribution in [2.75, 3.05) is 0 Å². The first-order valence-corrected chi connectivity index (χ1v) is 8.25. The fourth-order valence-corrected chi connectivity index (χ4v) is 3.51. The lowest BCUT2D eigenvalue weighted by Crippen LogP contribution is -1.95. The topological polar surface area (TPSA) is 0 Å². The van der Waals surface area contributed by atoms with Crippen molar-refractivity contribution in [2.45, 2.75) is 18.7 Å². The molecule has 0 fully saturated rings. The van der Waals surface area contributed by atoms with E-state index in [1.807, 2.05) is 13.0 Å². The Labute approximate surface area is 138 Å². The number of fused-ring (bicyclic) bond motifs is 1. The van der Waals surface area contributed by atoms with Gasteiger partial charge in [-0.2, -0.15) is 0 Å². The minimum atomic E-state index is 0.140. The van der Waals surface area contributed by atoms with Crippen LogP contribution in [-0.4, -0.2) is 0 Å². The van der Waals surface area contributed by atoms with Crippen molar-refractivity contribution in [1.29, 1.82) is 0 Å². The Balaban J connectivity index is 2.15. The van der Waals surface area contributed by atoms with Gasteiger partial charge in [-0.15, -0.1) is 0 Å². The zero-order valence-electron chi connectivity index (χ0n) is 12.0. The van der Waals surface area contributed by atoms with Gasteiger partial charge < -0.3 is 0 Å². The maximum absolute atomic E-state index is 6.27. The van der Waals surface area contributed by atoms with E-state index in [1.165, 1.54) is 27.5 Å². The van der Waals surface area contributed by atoms with E-state index in [-0.39, 0.29) is 4.83 Å². The third-order valence-electron chi connectivity index (χ3n) is 3.94. The maximum Gasteiger partial charge on any atom is 0.0651 e. The van der Waals surface area contributed by atoms with Gasteiger partial charge in [-0.25, -0.2) is 0 Å². The first-order chi connectivity index (χ1) is 10.1. The zero-order valence-corrected chi connectivity index (χ0v) is 14.4. The van der Waals surface area contributed by atoms with Crippen molar-refractivity contribution in [3.05, 3.63) is 81.9 Å². The summed E-state index contributed by atoms with van der Waals surface area (Å²) < 4.78 is 0. The van der Waals surface area contributed by atoms with E-state index in [1.54, 1.807) is 0 Å². The van der Waals surface area contributed by atoms with Gasteiger partial charge in [0, 0.05) is 5.02 Å². The molecule has 0 N–H and O–H groups in total. The van der Waals surface area contributed by atoms with Crippen LogP contribution >= 0.6 is 27.5 Å². The summed E-state index contributed by atoms with van der Waals surface area (Å²) in [5.74, 6) is 0. The summed E-state index contributed by atoms with van der Waals surface area (Å²) in [6.45, 7) is 4.18. The summed E-state index contributed by atoms with van der Waals surface area (Å²) >= 11 is 10.1. The lowest BCUT2D eigenvalue weighted by Gasteiger charge is -2.16. The number of hydrogen-bond donors (Lipinski definition) is 0. The molecule has 0 aliphatic carbocycles. The Hall–Kier alpha value is -1.31. The number of aryl methyl sites for hydroxylation is 2. The largest absolute Gasteiger partial charge is 0.0840 e. The van der Waals surface area contributed by atoms with Crippen LogP contribution in [-0.2, 0) is 0 Å². The van der Waals surface area contributed by atoms with Gasteiger partial charge in [0.05, 0.1) is 4.83 Å². The van der Waals surface area contributed by atoms with E-state index >= 15 is 0 Å². The maximum atomic E-state index is 6.27. The van der Waals surface area contributed by atoms with Crippen LogP contribution in [0.15, 0.2) is 54.6 Å². The second kappa shape index (κ2) is 5.82. The molecule has 0 aliphatic heterocycles. The highest BCUT2D eigenvalue weighted by Crippen LogP contribution is 2.37. The molecule has 0 nitrogen and oxygen atoms in total. The molecule has 21 heavy (non-hydrogen) atoms. The molecule has 0 spiro atoms. The van der Waals surface area contributed by atoms with Crippen LogP contribution in [0.2, 0.25) is 5.02 Å². The Bertz CT molecular complexity index is 808. The van der Waals surface area contributed by atoms with E-state index in [4.69, 9.17) is 11.6 Å². The van der Waals surface area contributed by atoms with Gasteiger partial charge in [-0.05, 0) is 52.9 Å². The minimum absolute atomic E-state index is 0.140. The molecule has 0 saturated heterocycles. The first-order valence-electron chi connectivity index (χ1n) is 6.96. The van der Waals surface area contributed by atoms with Crippen LogP contribution in [0.3, 0.4) is 0 Å². The molecule has 0 saturated carbocycles. The predicted octanol–water partition coefficient (Wildman–Crippen LogP) is 6.59. The summed E-state index contributed by atoms with van der Waals surface area (Å²) in [5, 5.41) is 3.40. The van der Waals surface area contributed by atoms with Crippen LogP contribution in [0.25, 0.3) is 10.8 Å². The number of halogens is 2. The van der Waals surface area contributed by atoms with Gasteiger partial charge in [-0.1, -0.05) is 76.1 Å². The van der Waals surface area contributed by atoms with Crippen LogP contribution < -0.4 is 0 Å². The second-order valence-corrected chi connectivity index (χ2v) is 6.71. The third-order valence-corrected chi connectivity index (χ3v) is 5.37. The normalized spacial score (nSPS) is 12.6. The molecule has 0 amide bonds. The highest BCUT2D eigenvalue weighted by Gasteiger charge is 2.15. The Morgan fingerprint density at radius 1 is 0.857 bits per heavy atom. The van der Waals surface area contributed by atoms with E-state index in [2.05, 4.69) is 71.4 Å². The van der Waals surface area contributed by atoms with Crippen molar-refractivity contribution in [1.82, 2.24) is 0 Å². The van der Waals surface area contributed by atoms with Crippen molar-refractivity contribution in [3.8, 4) is 0 Å². The molecule has 2 heteroatoms. The molecule has 1 unspecified atom stereocenters. The molecule has 3 aromatic carbocycles. The highest BCUT2D eigenvalue weighted by molar-refractivity contribution is 9.09. The fraction of sp³-hybridized carbons (Fsp3) is 0.158. The summed E-state index contributed by atoms with van der Waals surface area (Å²) in [4.78, 5) is 0.140. The number of hydrogen-bond acceptors (Lipinski definition) is 0. The molecule has 3 rings (SSSR count). The van der Waals surface area contributed by atoms with Crippen LogP contribution in [0, 0.1) is 13.8 Å². The SMILES string of the molecule is Cc1ccc(C(Br)c2ccc(C)c3ccccc23)cc1Cl. The first kappa shape index (κ1) is 14.6. The quantitative estimate of drug-likeness (QED) is 0.452. The lowest BCUT2D eigenvalue weighted by molar-refractivity contribution is 1.19. The molecule has 106 valence electrons. The molecule has 0 aromatic heterocycles. The van der Waals surface area contributed by atoms with Crippen molar-refractivity contribution in [2.24, 2.45) is 0 Å². The van der Waals surface area contributed by atoms with Crippen molar-refractivity contribution >= 4 is 38.3 Å². The van der Waals surface area contributed by atoms with Crippen LogP contribution in [0.5, 0.6) is 0 Å². The fourth-order valence-electron chi connectivity index (χ4n) is 2.64. The second-order valence-electron chi connectivity index (χ2n) is 5.39. The van der Waals surface area contributed by atoms with E-state index in [0.29, 0.717) is 0 Å². The standard InChI is InChI=1S/C19H16BrCl/c1-12-8-10-17(16-6-4-3-5-15(12)16)19(20)14-9-7-13(2)18(21)11-14/h3-11,19H,1-2H3. The monoisotopic (exact) mass is 358 g/mol. The van der Waals surface area contributed by atoms with Crippen LogP contribution in [0.4, 0.5) is 0 Å². The summed E-state index contributed by atoms with van der Waals surface area (Å²) in [5.41, 5.74) is 4.86. The Morgan fingerprint density at radius 3 is 2.24 bits per heavy atom. The van der Waals surface area contributed by atoms with Crippen molar-refractivity contribution < 1.29 is 0 Å². The molecule has 0 radical (unpaired) electrons. The molecule has 0 aliphatic rings. The molecule has 0 heterocycles. The molecule has 0 bridgehead atoms. The molecular formula is C19H16BrCl. The molecular weight excluding hydrogens is 344 g/mol. The third kappa shape index (κ3) is 2.73. The van der Waals surface area contributed by atoms with Gasteiger partial charge >= 0.3 is 0 Å². The highest BCUT2D eigenvalue weighted by atomic mass is 79.9. The summed E-state index contributed by atoms with van der Waals surface area (Å²) in [6.07, 6.45) is 0. The smallest absolute Gasteiger partial charge is 0.0651 e. The number of benzene rings is 3. The predicted molar refractivity (Wildman–Crippen MR) is 95.6 cm³/mol. The van der Waals surface area contributed by atoms with Gasteiger partial charge in [0.1, 0.15) is 0 Å². The van der Waals surface area contributed by atoms with Crippen molar-refractivity contribution in [3.63, 3.8) is 0 Å². The van der Waals surface area contributed by atoms with E-state index < -0.39 is 0 Å². The van der Waals surface area contributed by atoms with Gasteiger partial charge in [0.15, 0.2) is 0 Å². The Morgan fingerprint density at radius 2 is 1.52 bits per heavy atom. The van der Waals surface area contributed by atoms with Gasteiger partial charge in [0.2, 0.25) is 0 Å². The summed E-state index contributed by atoms with van der Waals surface area (Å²) in [7, 11) is 0. The average Bonchev–Trinajstić information content (AvgIpc) is 2.50. The Kier molecular flexibility index (Phi) is 4.05. The molecule has 1 atom stereocenters. The molecule has 3 aromatic rings.